The first kappa shape index (κ1) is 21.3. The van der Waals surface area contributed by atoms with Crippen molar-refractivity contribution in [3.05, 3.63) is 71.8 Å². The zero-order chi connectivity index (χ0) is 23.2. The number of hydrogen-bond acceptors (Lipinski definition) is 8. The second kappa shape index (κ2) is 8.12. The summed E-state index contributed by atoms with van der Waals surface area (Å²) in [6.07, 6.45) is -0.819. The van der Waals surface area contributed by atoms with Crippen LogP contribution >= 0.6 is 0 Å². The number of cyclic esters (lactones) is 2. The number of carbonyl (C=O) groups is 4. The fraction of sp³-hybridized carbons (Fsp3) is 0.360. The molecule has 6 atom stereocenters. The molecule has 1 N–H and O–H groups in total. The molecule has 2 bridgehead atoms. The van der Waals surface area contributed by atoms with Crippen LogP contribution in [0, 0.1) is 29.1 Å². The van der Waals surface area contributed by atoms with E-state index in [1.54, 1.807) is 60.7 Å². The van der Waals surface area contributed by atoms with Crippen LogP contribution in [-0.4, -0.2) is 48.3 Å². The van der Waals surface area contributed by atoms with E-state index in [1.807, 2.05) is 0 Å². The molecule has 1 saturated heterocycles. The Morgan fingerprint density at radius 2 is 1.48 bits per heavy atom. The van der Waals surface area contributed by atoms with Gasteiger partial charge in [0.25, 0.3) is 0 Å². The van der Waals surface area contributed by atoms with Gasteiger partial charge in [0.05, 0.1) is 35.7 Å². The molecule has 2 aromatic carbocycles. The number of carbonyl (C=O) groups excluding carboxylic acids is 4. The summed E-state index contributed by atoms with van der Waals surface area (Å²) in [5.74, 6) is -5.26. The minimum Gasteiger partial charge on any atom is -0.462 e. The lowest BCUT2D eigenvalue weighted by Gasteiger charge is -2.35. The Hall–Kier alpha value is -3.52. The molecule has 3 fully saturated rings. The van der Waals surface area contributed by atoms with Crippen LogP contribution < -0.4 is 0 Å². The van der Waals surface area contributed by atoms with E-state index in [4.69, 9.17) is 14.2 Å². The molecule has 0 spiro atoms. The van der Waals surface area contributed by atoms with E-state index in [0.717, 1.165) is 0 Å². The average molecular weight is 450 g/mol. The zero-order valence-corrected chi connectivity index (χ0v) is 17.6. The molecular weight excluding hydrogens is 428 g/mol. The summed E-state index contributed by atoms with van der Waals surface area (Å²) < 4.78 is 15.9. The number of rotatable bonds is 6. The van der Waals surface area contributed by atoms with Gasteiger partial charge in [-0.25, -0.2) is 9.59 Å². The molecule has 33 heavy (non-hydrogen) atoms. The third-order valence-electron chi connectivity index (χ3n) is 7.18. The van der Waals surface area contributed by atoms with E-state index >= 15 is 0 Å². The van der Waals surface area contributed by atoms with Gasteiger partial charge in [-0.1, -0.05) is 36.4 Å². The lowest BCUT2D eigenvalue weighted by Crippen LogP contribution is -2.43. The normalized spacial score (nSPS) is 31.7. The molecule has 2 saturated carbocycles. The highest BCUT2D eigenvalue weighted by molar-refractivity contribution is 5.98. The number of aliphatic hydroxyl groups is 1. The smallest absolute Gasteiger partial charge is 0.338 e. The first-order valence-electron chi connectivity index (χ1n) is 10.8. The van der Waals surface area contributed by atoms with Crippen LogP contribution in [0.1, 0.15) is 27.1 Å². The topological polar surface area (TPSA) is 116 Å². The van der Waals surface area contributed by atoms with E-state index in [2.05, 4.69) is 0 Å². The molecule has 2 aromatic rings. The maximum Gasteiger partial charge on any atom is 0.338 e. The van der Waals surface area contributed by atoms with Gasteiger partial charge >= 0.3 is 23.9 Å². The Bertz CT molecular complexity index is 1100. The Kier molecular flexibility index (Phi) is 5.25. The minimum absolute atomic E-state index is 0.0332. The van der Waals surface area contributed by atoms with Crippen molar-refractivity contribution >= 4 is 23.9 Å². The first-order chi connectivity index (χ1) is 15.9. The van der Waals surface area contributed by atoms with Crippen molar-refractivity contribution < 1.29 is 38.5 Å². The van der Waals surface area contributed by atoms with Crippen LogP contribution in [-0.2, 0) is 23.8 Å². The molecule has 3 aliphatic rings. The summed E-state index contributed by atoms with van der Waals surface area (Å²) in [7, 11) is 0. The predicted octanol–water partition coefficient (Wildman–Crippen LogP) is 2.01. The highest BCUT2D eigenvalue weighted by Gasteiger charge is 2.75. The van der Waals surface area contributed by atoms with Crippen LogP contribution in [0.2, 0.25) is 0 Å². The van der Waals surface area contributed by atoms with Crippen LogP contribution in [0.25, 0.3) is 0 Å². The molecule has 0 radical (unpaired) electrons. The van der Waals surface area contributed by atoms with Crippen LogP contribution in [0.3, 0.4) is 0 Å². The van der Waals surface area contributed by atoms with Gasteiger partial charge in [0.2, 0.25) is 0 Å². The van der Waals surface area contributed by atoms with Crippen LogP contribution in [0.4, 0.5) is 0 Å². The first-order valence-corrected chi connectivity index (χ1v) is 10.8. The summed E-state index contributed by atoms with van der Waals surface area (Å²) in [5, 5.41) is 11.2. The van der Waals surface area contributed by atoms with Gasteiger partial charge in [-0.05, 0) is 30.7 Å². The quantitative estimate of drug-likeness (QED) is 0.404. The molecule has 1 heterocycles. The van der Waals surface area contributed by atoms with Crippen molar-refractivity contribution in [2.24, 2.45) is 29.1 Å². The van der Waals surface area contributed by atoms with Crippen molar-refractivity contribution in [1.82, 2.24) is 0 Å². The zero-order valence-electron chi connectivity index (χ0n) is 17.6. The largest absolute Gasteiger partial charge is 0.462 e. The highest BCUT2D eigenvalue weighted by atomic mass is 16.6. The highest BCUT2D eigenvalue weighted by Crippen LogP contribution is 2.65. The lowest BCUT2D eigenvalue weighted by molar-refractivity contribution is -0.157. The van der Waals surface area contributed by atoms with Gasteiger partial charge < -0.3 is 19.3 Å². The Balaban J connectivity index is 1.35. The third-order valence-corrected chi connectivity index (χ3v) is 7.18. The fourth-order valence-corrected chi connectivity index (χ4v) is 5.77. The lowest BCUT2D eigenvalue weighted by atomic mass is 9.68. The van der Waals surface area contributed by atoms with Crippen molar-refractivity contribution in [3.8, 4) is 0 Å². The van der Waals surface area contributed by atoms with E-state index < -0.39 is 53.1 Å². The van der Waals surface area contributed by atoms with Gasteiger partial charge in [-0.3, -0.25) is 9.59 Å². The van der Waals surface area contributed by atoms with Crippen molar-refractivity contribution in [1.29, 1.82) is 0 Å². The molecule has 8 heteroatoms. The Morgan fingerprint density at radius 3 is 2.09 bits per heavy atom. The molecule has 5 rings (SSSR count). The van der Waals surface area contributed by atoms with Gasteiger partial charge in [0, 0.05) is 17.3 Å². The molecule has 0 aromatic heterocycles. The number of benzene rings is 2. The van der Waals surface area contributed by atoms with E-state index in [-0.39, 0.29) is 25.6 Å². The van der Waals surface area contributed by atoms with Crippen LogP contribution in [0.5, 0.6) is 0 Å². The minimum atomic E-state index is -1.17. The number of ether oxygens (including phenoxy) is 3. The molecule has 0 amide bonds. The van der Waals surface area contributed by atoms with Crippen molar-refractivity contribution in [2.75, 3.05) is 13.2 Å². The second-order valence-electron chi connectivity index (χ2n) is 8.87. The maximum absolute atomic E-state index is 12.5. The van der Waals surface area contributed by atoms with Crippen LogP contribution in [0.15, 0.2) is 60.7 Å². The monoisotopic (exact) mass is 450 g/mol. The average Bonchev–Trinajstić information content (AvgIpc) is 3.39. The molecule has 2 aliphatic carbocycles. The van der Waals surface area contributed by atoms with E-state index in [1.165, 1.54) is 0 Å². The Morgan fingerprint density at radius 1 is 0.909 bits per heavy atom. The summed E-state index contributed by atoms with van der Waals surface area (Å²) in [5.41, 5.74) is -0.445. The standard InChI is InChI=1S/C25H22O8/c26-20-17-16(12-31-21(27)14-7-3-1-4-8-14)11-25(20,19-18(17)23(29)33-24(19)30)13-32-22(28)15-9-5-2-6-10-15/h1-10,16-20,26H,11-13H2. The van der Waals surface area contributed by atoms with Crippen molar-refractivity contribution in [2.45, 2.75) is 12.5 Å². The number of hydrogen-bond donors (Lipinski definition) is 1. The van der Waals surface area contributed by atoms with Crippen molar-refractivity contribution in [3.63, 3.8) is 0 Å². The molecule has 170 valence electrons. The van der Waals surface area contributed by atoms with Gasteiger partial charge in [0.15, 0.2) is 0 Å². The molecule has 6 unspecified atom stereocenters. The Labute approximate surface area is 189 Å². The number of fused-ring (bicyclic) bond motifs is 5. The second-order valence-corrected chi connectivity index (χ2v) is 8.87. The molecule has 1 aliphatic heterocycles. The number of aliphatic hydroxyl groups excluding tert-OH is 1. The molecular formula is C25H22O8. The summed E-state index contributed by atoms with van der Waals surface area (Å²) in [6, 6.07) is 16.9. The number of esters is 4. The summed E-state index contributed by atoms with van der Waals surface area (Å²) in [4.78, 5) is 49.8. The van der Waals surface area contributed by atoms with E-state index in [0.29, 0.717) is 11.1 Å². The predicted molar refractivity (Wildman–Crippen MR) is 112 cm³/mol. The fourth-order valence-electron chi connectivity index (χ4n) is 5.77. The third kappa shape index (κ3) is 3.41. The summed E-state index contributed by atoms with van der Waals surface area (Å²) in [6.45, 7) is -0.278. The van der Waals surface area contributed by atoms with Gasteiger partial charge in [0.1, 0.15) is 6.61 Å². The van der Waals surface area contributed by atoms with Gasteiger partial charge in [-0.2, -0.15) is 0 Å². The van der Waals surface area contributed by atoms with E-state index in [9.17, 15) is 24.3 Å². The summed E-state index contributed by atoms with van der Waals surface area (Å²) >= 11 is 0. The molecule has 8 nitrogen and oxygen atoms in total. The SMILES string of the molecule is O=C(OCC1CC2(COC(=O)c3ccccc3)C(O)C1C1C(=O)OC(=O)C12)c1ccccc1. The maximum atomic E-state index is 12.5. The van der Waals surface area contributed by atoms with Gasteiger partial charge in [-0.15, -0.1) is 0 Å².